The van der Waals surface area contributed by atoms with Gasteiger partial charge < -0.3 is 9.80 Å². The lowest BCUT2D eigenvalue weighted by Gasteiger charge is -2.24. The molecule has 1 aromatic heterocycles. The van der Waals surface area contributed by atoms with Crippen molar-refractivity contribution in [2.45, 2.75) is 23.4 Å². The molecular weight excluding hydrogens is 424 g/mol. The number of nitrogens with zero attached hydrogens (tertiary/aromatic N) is 4. The van der Waals surface area contributed by atoms with Gasteiger partial charge in [0.25, 0.3) is 5.91 Å². The molecule has 0 spiro atoms. The molecule has 1 aliphatic rings. The van der Waals surface area contributed by atoms with Crippen LogP contribution in [-0.4, -0.2) is 42.0 Å². The van der Waals surface area contributed by atoms with E-state index in [0.29, 0.717) is 12.1 Å². The molecular formula is C24H24N4OS2. The predicted octanol–water partition coefficient (Wildman–Crippen LogP) is 4.97. The lowest BCUT2D eigenvalue weighted by Crippen LogP contribution is -2.35. The van der Waals surface area contributed by atoms with Crippen molar-refractivity contribution < 1.29 is 4.79 Å². The van der Waals surface area contributed by atoms with Crippen molar-refractivity contribution in [3.8, 4) is 6.07 Å². The number of aromatic nitrogens is 1. The second-order valence-electron chi connectivity index (χ2n) is 7.53. The Kier molecular flexibility index (Phi) is 6.90. The Morgan fingerprint density at radius 3 is 2.55 bits per heavy atom. The molecule has 1 fully saturated rings. The average Bonchev–Trinajstić information content (AvgIpc) is 3.07. The first-order valence-electron chi connectivity index (χ1n) is 10.3. The number of thioether (sulfide) groups is 1. The van der Waals surface area contributed by atoms with Gasteiger partial charge in [-0.25, -0.2) is 4.98 Å². The number of aryl methyl sites for hydroxylation is 1. The van der Waals surface area contributed by atoms with Gasteiger partial charge in [0.15, 0.2) is 0 Å². The number of benzene rings is 2. The van der Waals surface area contributed by atoms with Gasteiger partial charge in [-0.05, 0) is 55.3 Å². The van der Waals surface area contributed by atoms with E-state index in [9.17, 15) is 4.79 Å². The summed E-state index contributed by atoms with van der Waals surface area (Å²) < 4.78 is 1.08. The summed E-state index contributed by atoms with van der Waals surface area (Å²) in [5.74, 6) is 0.946. The summed E-state index contributed by atoms with van der Waals surface area (Å²) in [5.41, 5.74) is 4.76. The first-order chi connectivity index (χ1) is 15.1. The molecule has 2 heterocycles. The maximum atomic E-state index is 13.0. The highest BCUT2D eigenvalue weighted by molar-refractivity contribution is 8.00. The van der Waals surface area contributed by atoms with E-state index >= 15 is 0 Å². The van der Waals surface area contributed by atoms with E-state index in [1.54, 1.807) is 23.1 Å². The molecule has 0 bridgehead atoms. The maximum Gasteiger partial charge on any atom is 0.253 e. The molecule has 0 saturated carbocycles. The van der Waals surface area contributed by atoms with E-state index in [1.165, 1.54) is 5.56 Å². The molecule has 158 valence electrons. The number of hydrogen-bond acceptors (Lipinski definition) is 6. The fraction of sp³-hybridized carbons (Fsp3) is 0.292. The number of carbonyl (C=O) groups excluding carboxylic acids is 1. The lowest BCUT2D eigenvalue weighted by atomic mass is 10.1. The summed E-state index contributed by atoms with van der Waals surface area (Å²) in [6.07, 6.45) is 0.924. The lowest BCUT2D eigenvalue weighted by molar-refractivity contribution is 0.0767. The Morgan fingerprint density at radius 2 is 1.87 bits per heavy atom. The molecule has 4 rings (SSSR count). The van der Waals surface area contributed by atoms with Crippen LogP contribution in [0.1, 0.15) is 33.6 Å². The molecule has 0 radical (unpaired) electrons. The van der Waals surface area contributed by atoms with Crippen LogP contribution in [0.3, 0.4) is 0 Å². The van der Waals surface area contributed by atoms with Crippen LogP contribution >= 0.6 is 23.1 Å². The first kappa shape index (κ1) is 21.4. The van der Waals surface area contributed by atoms with E-state index in [2.05, 4.69) is 21.3 Å². The zero-order valence-corrected chi connectivity index (χ0v) is 19.1. The average molecular weight is 449 g/mol. The second kappa shape index (κ2) is 9.99. The van der Waals surface area contributed by atoms with E-state index in [-0.39, 0.29) is 5.91 Å². The van der Waals surface area contributed by atoms with Crippen molar-refractivity contribution in [2.75, 3.05) is 31.1 Å². The minimum atomic E-state index is 0.0939. The normalized spacial score (nSPS) is 14.2. The van der Waals surface area contributed by atoms with Crippen molar-refractivity contribution in [1.82, 2.24) is 9.88 Å². The van der Waals surface area contributed by atoms with Crippen molar-refractivity contribution in [3.05, 3.63) is 76.3 Å². The molecule has 31 heavy (non-hydrogen) atoms. The number of rotatable bonds is 5. The number of thiazole rings is 1. The smallest absolute Gasteiger partial charge is 0.253 e. The Balaban J connectivity index is 1.33. The summed E-state index contributed by atoms with van der Waals surface area (Å²) in [6.45, 7) is 5.15. The fourth-order valence-corrected chi connectivity index (χ4v) is 5.40. The minimum Gasteiger partial charge on any atom is -0.370 e. The van der Waals surface area contributed by atoms with Crippen LogP contribution in [0.15, 0.2) is 58.3 Å². The SMILES string of the molecule is Cc1csc(SCc2ccc(C(=O)N3CCCN(c4ccc(C#N)cc4)CC3)cc2)n1. The van der Waals surface area contributed by atoms with Gasteiger partial charge >= 0.3 is 0 Å². The van der Waals surface area contributed by atoms with Gasteiger partial charge in [0.2, 0.25) is 0 Å². The van der Waals surface area contributed by atoms with Crippen LogP contribution in [0.5, 0.6) is 0 Å². The third-order valence-corrected chi connectivity index (χ3v) is 7.52. The van der Waals surface area contributed by atoms with Gasteiger partial charge in [0, 0.05) is 54.3 Å². The third kappa shape index (κ3) is 5.46. The highest BCUT2D eigenvalue weighted by Gasteiger charge is 2.20. The Labute approximate surface area is 191 Å². The monoisotopic (exact) mass is 448 g/mol. The molecule has 3 aromatic rings. The summed E-state index contributed by atoms with van der Waals surface area (Å²) in [7, 11) is 0. The zero-order valence-electron chi connectivity index (χ0n) is 17.5. The molecule has 7 heteroatoms. The number of anilines is 1. The van der Waals surface area contributed by atoms with Crippen LogP contribution in [0, 0.1) is 18.3 Å². The van der Waals surface area contributed by atoms with Gasteiger partial charge in [-0.2, -0.15) is 5.26 Å². The van der Waals surface area contributed by atoms with E-state index < -0.39 is 0 Å². The van der Waals surface area contributed by atoms with Crippen LogP contribution < -0.4 is 4.90 Å². The fourth-order valence-electron chi connectivity index (χ4n) is 3.60. The predicted molar refractivity (Wildman–Crippen MR) is 127 cm³/mol. The van der Waals surface area contributed by atoms with Crippen molar-refractivity contribution >= 4 is 34.7 Å². The van der Waals surface area contributed by atoms with Gasteiger partial charge in [0.1, 0.15) is 4.34 Å². The molecule has 2 aromatic carbocycles. The minimum absolute atomic E-state index is 0.0939. The van der Waals surface area contributed by atoms with E-state index in [1.807, 2.05) is 60.4 Å². The summed E-state index contributed by atoms with van der Waals surface area (Å²) in [5, 5.41) is 11.0. The Bertz CT molecular complexity index is 1070. The second-order valence-corrected chi connectivity index (χ2v) is 9.61. The van der Waals surface area contributed by atoms with Crippen LogP contribution in [-0.2, 0) is 5.75 Å². The van der Waals surface area contributed by atoms with Crippen molar-refractivity contribution in [1.29, 1.82) is 5.26 Å². The van der Waals surface area contributed by atoms with Crippen molar-refractivity contribution in [2.24, 2.45) is 0 Å². The highest BCUT2D eigenvalue weighted by atomic mass is 32.2. The number of amides is 1. The van der Waals surface area contributed by atoms with E-state index in [0.717, 1.165) is 53.1 Å². The zero-order chi connectivity index (χ0) is 21.6. The summed E-state index contributed by atoms with van der Waals surface area (Å²) in [4.78, 5) is 21.7. The van der Waals surface area contributed by atoms with Crippen molar-refractivity contribution in [3.63, 3.8) is 0 Å². The molecule has 0 aliphatic carbocycles. The van der Waals surface area contributed by atoms with Gasteiger partial charge in [-0.15, -0.1) is 11.3 Å². The third-order valence-electron chi connectivity index (χ3n) is 5.31. The van der Waals surface area contributed by atoms with Crippen LogP contribution in [0.2, 0.25) is 0 Å². The van der Waals surface area contributed by atoms with Gasteiger partial charge in [-0.3, -0.25) is 4.79 Å². The Morgan fingerprint density at radius 1 is 1.10 bits per heavy atom. The summed E-state index contributed by atoms with van der Waals surface area (Å²) in [6, 6.07) is 17.8. The maximum absolute atomic E-state index is 13.0. The standard InChI is InChI=1S/C24H24N4OS2/c1-18-16-30-24(26-18)31-17-20-3-7-21(8-4-20)23(29)28-12-2-11-27(13-14-28)22-9-5-19(15-25)6-10-22/h3-10,16H,2,11-14,17H2,1H3. The summed E-state index contributed by atoms with van der Waals surface area (Å²) >= 11 is 3.40. The number of hydrogen-bond donors (Lipinski definition) is 0. The molecule has 0 N–H and O–H groups in total. The molecule has 1 aliphatic heterocycles. The molecule has 0 unspecified atom stereocenters. The molecule has 1 amide bonds. The van der Waals surface area contributed by atoms with Gasteiger partial charge in [-0.1, -0.05) is 23.9 Å². The molecule has 5 nitrogen and oxygen atoms in total. The first-order valence-corrected chi connectivity index (χ1v) is 12.2. The van der Waals surface area contributed by atoms with E-state index in [4.69, 9.17) is 5.26 Å². The number of nitriles is 1. The Hall–Kier alpha value is -2.82. The van der Waals surface area contributed by atoms with Crippen LogP contribution in [0.25, 0.3) is 0 Å². The topological polar surface area (TPSA) is 60.2 Å². The number of carbonyl (C=O) groups is 1. The molecule has 0 atom stereocenters. The quantitative estimate of drug-likeness (QED) is 0.516. The largest absolute Gasteiger partial charge is 0.370 e. The van der Waals surface area contributed by atoms with Gasteiger partial charge in [0.05, 0.1) is 11.6 Å². The highest BCUT2D eigenvalue weighted by Crippen LogP contribution is 2.26. The molecule has 1 saturated heterocycles. The van der Waals surface area contributed by atoms with Crippen LogP contribution in [0.4, 0.5) is 5.69 Å².